The van der Waals surface area contributed by atoms with Gasteiger partial charge in [0.1, 0.15) is 11.9 Å². The number of benzene rings is 2. The Morgan fingerprint density at radius 3 is 2.31 bits per heavy atom. The van der Waals surface area contributed by atoms with Crippen LogP contribution in [-0.4, -0.2) is 45.4 Å². The van der Waals surface area contributed by atoms with E-state index in [-0.39, 0.29) is 31.0 Å². The Kier molecular flexibility index (Phi) is 10.2. The molecule has 35 heavy (non-hydrogen) atoms. The van der Waals surface area contributed by atoms with E-state index in [0.717, 1.165) is 27.8 Å². The number of hydrogen-bond acceptors (Lipinski definition) is 4. The average Bonchev–Trinajstić information content (AvgIpc) is 2.73. The van der Waals surface area contributed by atoms with Gasteiger partial charge >= 0.3 is 5.97 Å². The summed E-state index contributed by atoms with van der Waals surface area (Å²) in [6, 6.07) is 7.93. The zero-order chi connectivity index (χ0) is 26.3. The molecule has 3 atom stereocenters. The summed E-state index contributed by atoms with van der Waals surface area (Å²) in [4.78, 5) is 23.5. The quantitative estimate of drug-likeness (QED) is 0.374. The van der Waals surface area contributed by atoms with Crippen LogP contribution in [0.4, 0.5) is 4.39 Å². The molecule has 0 aromatic heterocycles. The molecule has 190 valence electrons. The first-order valence-electron chi connectivity index (χ1n) is 11.8. The number of aliphatic hydroxyl groups excluding tert-OH is 2. The fourth-order valence-electron chi connectivity index (χ4n) is 4.06. The lowest BCUT2D eigenvalue weighted by atomic mass is 9.92. The number of rotatable bonds is 11. The topological polar surface area (TPSA) is 107 Å². The van der Waals surface area contributed by atoms with Crippen LogP contribution < -0.4 is 5.32 Å². The number of carboxylic acid groups (broad SMARTS) is 1. The summed E-state index contributed by atoms with van der Waals surface area (Å²) in [5.74, 6) is -1.89. The summed E-state index contributed by atoms with van der Waals surface area (Å²) in [5.41, 5.74) is 5.20. The third-order valence-corrected chi connectivity index (χ3v) is 5.76. The van der Waals surface area contributed by atoms with Crippen LogP contribution in [0.2, 0.25) is 0 Å². The Morgan fingerprint density at radius 1 is 1.03 bits per heavy atom. The predicted octanol–water partition coefficient (Wildman–Crippen LogP) is 4.55. The van der Waals surface area contributed by atoms with Crippen molar-refractivity contribution in [2.75, 3.05) is 0 Å². The van der Waals surface area contributed by atoms with Crippen LogP contribution in [0.15, 0.2) is 36.4 Å². The Morgan fingerprint density at radius 2 is 1.71 bits per heavy atom. The van der Waals surface area contributed by atoms with Crippen molar-refractivity contribution in [2.24, 2.45) is 5.92 Å². The Balaban J connectivity index is 2.10. The molecule has 2 aromatic carbocycles. The van der Waals surface area contributed by atoms with Gasteiger partial charge < -0.3 is 20.6 Å². The number of aliphatic hydroxyl groups is 2. The van der Waals surface area contributed by atoms with Gasteiger partial charge in [-0.2, -0.15) is 0 Å². The second-order valence-corrected chi connectivity index (χ2v) is 9.62. The van der Waals surface area contributed by atoms with Crippen molar-refractivity contribution in [1.29, 1.82) is 0 Å². The molecule has 0 bridgehead atoms. The van der Waals surface area contributed by atoms with Gasteiger partial charge in [-0.3, -0.25) is 4.79 Å². The van der Waals surface area contributed by atoms with Crippen molar-refractivity contribution in [2.45, 2.75) is 72.1 Å². The highest BCUT2D eigenvalue weighted by molar-refractivity contribution is 5.83. The largest absolute Gasteiger partial charge is 0.480 e. The summed E-state index contributed by atoms with van der Waals surface area (Å²) < 4.78 is 13.8. The van der Waals surface area contributed by atoms with Gasteiger partial charge in [-0.15, -0.1) is 0 Å². The zero-order valence-corrected chi connectivity index (χ0v) is 21.0. The van der Waals surface area contributed by atoms with E-state index in [9.17, 15) is 29.3 Å². The molecule has 0 fully saturated rings. The maximum Gasteiger partial charge on any atom is 0.326 e. The Hall–Kier alpha value is -3.03. The van der Waals surface area contributed by atoms with Crippen LogP contribution in [0.5, 0.6) is 0 Å². The molecule has 0 aliphatic rings. The molecule has 0 saturated carbocycles. The van der Waals surface area contributed by atoms with Crippen molar-refractivity contribution in [3.05, 3.63) is 64.5 Å². The van der Waals surface area contributed by atoms with E-state index in [1.54, 1.807) is 31.2 Å². The van der Waals surface area contributed by atoms with Crippen LogP contribution in [0.3, 0.4) is 0 Å². The molecular formula is C28H36FNO5. The van der Waals surface area contributed by atoms with Crippen LogP contribution >= 0.6 is 0 Å². The highest BCUT2D eigenvalue weighted by atomic mass is 19.1. The van der Waals surface area contributed by atoms with Gasteiger partial charge in [0, 0.05) is 6.42 Å². The van der Waals surface area contributed by atoms with E-state index >= 15 is 0 Å². The molecule has 7 heteroatoms. The Labute approximate surface area is 206 Å². The van der Waals surface area contributed by atoms with Crippen LogP contribution in [0.25, 0.3) is 17.2 Å². The van der Waals surface area contributed by atoms with Crippen molar-refractivity contribution in [1.82, 2.24) is 5.32 Å². The molecule has 0 heterocycles. The minimum absolute atomic E-state index is 0.0816. The van der Waals surface area contributed by atoms with Crippen molar-refractivity contribution in [3.63, 3.8) is 0 Å². The van der Waals surface area contributed by atoms with E-state index in [2.05, 4.69) is 5.32 Å². The van der Waals surface area contributed by atoms with Gasteiger partial charge in [0.05, 0.1) is 18.6 Å². The third kappa shape index (κ3) is 8.60. The normalized spacial score (nSPS) is 14.2. The number of aryl methyl sites for hydroxylation is 3. The minimum Gasteiger partial charge on any atom is -0.480 e. The third-order valence-electron chi connectivity index (χ3n) is 5.76. The average molecular weight is 486 g/mol. The first-order valence-corrected chi connectivity index (χ1v) is 11.8. The molecular weight excluding hydrogens is 449 g/mol. The van der Waals surface area contributed by atoms with Gasteiger partial charge in [0.25, 0.3) is 0 Å². The van der Waals surface area contributed by atoms with Crippen LogP contribution in [0, 0.1) is 32.5 Å². The lowest BCUT2D eigenvalue weighted by Gasteiger charge is -2.18. The number of halogens is 1. The summed E-state index contributed by atoms with van der Waals surface area (Å²) in [6.07, 6.45) is 1.06. The molecule has 4 N–H and O–H groups in total. The van der Waals surface area contributed by atoms with Gasteiger partial charge in [0.2, 0.25) is 5.91 Å². The van der Waals surface area contributed by atoms with E-state index < -0.39 is 30.1 Å². The van der Waals surface area contributed by atoms with Crippen LogP contribution in [-0.2, 0) is 9.59 Å². The second-order valence-electron chi connectivity index (χ2n) is 9.62. The number of hydrogen-bond donors (Lipinski definition) is 4. The Bertz CT molecular complexity index is 1080. The summed E-state index contributed by atoms with van der Waals surface area (Å²) >= 11 is 0. The number of nitrogens with one attached hydrogen (secondary N) is 1. The number of aliphatic carboxylic acids is 1. The first kappa shape index (κ1) is 28.2. The molecule has 0 spiro atoms. The molecule has 2 aromatic rings. The first-order chi connectivity index (χ1) is 16.4. The standard InChI is InChI=1S/C28H36FNO5/c1-16(2)10-26(28(34)35)30-27(33)15-22(32)14-21(31)7-8-23-18(4)11-17(3)12-24(23)20-6-9-25(29)19(5)13-20/h6-9,11-13,16,21-22,26,31-32H,10,14-15H2,1-5H3,(H,30,33)(H,34,35)/t21-,22-,26+/m1/s1. The fourth-order valence-corrected chi connectivity index (χ4v) is 4.06. The fraction of sp³-hybridized carbons (Fsp3) is 0.429. The second kappa shape index (κ2) is 12.6. The van der Waals surface area contributed by atoms with Crippen LogP contribution in [0.1, 0.15) is 55.4 Å². The molecule has 1 amide bonds. The predicted molar refractivity (Wildman–Crippen MR) is 135 cm³/mol. The summed E-state index contributed by atoms with van der Waals surface area (Å²) in [7, 11) is 0. The SMILES string of the molecule is Cc1cc(C)c(C=C[C@@H](O)C[C@@H](O)CC(=O)N[C@@H](CC(C)C)C(=O)O)c(-c2ccc(F)c(C)c2)c1. The molecule has 2 rings (SSSR count). The number of carbonyl (C=O) groups is 2. The minimum atomic E-state index is -1.14. The molecule has 0 radical (unpaired) electrons. The monoisotopic (exact) mass is 485 g/mol. The molecule has 0 saturated heterocycles. The van der Waals surface area contributed by atoms with Gasteiger partial charge in [-0.25, -0.2) is 9.18 Å². The molecule has 0 aliphatic carbocycles. The lowest BCUT2D eigenvalue weighted by molar-refractivity contribution is -0.142. The van der Waals surface area contributed by atoms with Crippen molar-refractivity contribution < 1.29 is 29.3 Å². The number of amides is 1. The number of carbonyl (C=O) groups excluding carboxylic acids is 1. The highest BCUT2D eigenvalue weighted by Gasteiger charge is 2.23. The van der Waals surface area contributed by atoms with E-state index in [1.807, 2.05) is 39.8 Å². The molecule has 0 aliphatic heterocycles. The maximum atomic E-state index is 13.8. The van der Waals surface area contributed by atoms with Crippen molar-refractivity contribution >= 4 is 18.0 Å². The summed E-state index contributed by atoms with van der Waals surface area (Å²) in [6.45, 7) is 9.36. The van der Waals surface area contributed by atoms with E-state index in [0.29, 0.717) is 5.56 Å². The van der Waals surface area contributed by atoms with E-state index in [1.165, 1.54) is 6.07 Å². The lowest BCUT2D eigenvalue weighted by Crippen LogP contribution is -2.42. The van der Waals surface area contributed by atoms with E-state index in [4.69, 9.17) is 0 Å². The number of carboxylic acids is 1. The zero-order valence-electron chi connectivity index (χ0n) is 21.0. The maximum absolute atomic E-state index is 13.8. The smallest absolute Gasteiger partial charge is 0.326 e. The molecule has 6 nitrogen and oxygen atoms in total. The van der Waals surface area contributed by atoms with Crippen molar-refractivity contribution in [3.8, 4) is 11.1 Å². The highest BCUT2D eigenvalue weighted by Crippen LogP contribution is 2.30. The van der Waals surface area contributed by atoms with Gasteiger partial charge in [-0.05, 0) is 73.1 Å². The molecule has 0 unspecified atom stereocenters. The van der Waals surface area contributed by atoms with Gasteiger partial charge in [-0.1, -0.05) is 49.8 Å². The van der Waals surface area contributed by atoms with Gasteiger partial charge in [0.15, 0.2) is 0 Å². The summed E-state index contributed by atoms with van der Waals surface area (Å²) in [5, 5.41) is 32.4.